The highest BCUT2D eigenvalue weighted by Gasteiger charge is 2.14. The average molecular weight is 237 g/mol. The van der Waals surface area contributed by atoms with Crippen LogP contribution >= 0.6 is 0 Å². The van der Waals surface area contributed by atoms with Gasteiger partial charge in [0.25, 0.3) is 5.89 Å². The van der Waals surface area contributed by atoms with E-state index in [0.717, 1.165) is 0 Å². The van der Waals surface area contributed by atoms with Crippen molar-refractivity contribution in [1.82, 2.24) is 19.9 Å². The third-order valence-corrected chi connectivity index (χ3v) is 2.36. The van der Waals surface area contributed by atoms with Crippen molar-refractivity contribution in [1.29, 1.82) is 0 Å². The Morgan fingerprint density at radius 3 is 3.00 bits per heavy atom. The number of aromatic nitrogens is 4. The molecule has 0 spiro atoms. The molecule has 2 heterocycles. The van der Waals surface area contributed by atoms with Crippen molar-refractivity contribution in [2.75, 3.05) is 18.9 Å². The highest BCUT2D eigenvalue weighted by Crippen LogP contribution is 2.22. The maximum atomic E-state index is 5.81. The van der Waals surface area contributed by atoms with E-state index in [-0.39, 0.29) is 0 Å². The summed E-state index contributed by atoms with van der Waals surface area (Å²) in [5.74, 6) is 1.50. The molecular formula is C10H15N5O2. The predicted octanol–water partition coefficient (Wildman–Crippen LogP) is 0.631. The van der Waals surface area contributed by atoms with Gasteiger partial charge in [-0.25, -0.2) is 0 Å². The molecule has 2 rings (SSSR count). The van der Waals surface area contributed by atoms with Crippen LogP contribution in [0.3, 0.4) is 0 Å². The van der Waals surface area contributed by atoms with Crippen LogP contribution in [-0.2, 0) is 18.2 Å². The first-order chi connectivity index (χ1) is 8.22. The molecule has 2 N–H and O–H groups in total. The van der Waals surface area contributed by atoms with Crippen molar-refractivity contribution in [2.24, 2.45) is 7.05 Å². The van der Waals surface area contributed by atoms with Gasteiger partial charge in [0.2, 0.25) is 0 Å². The van der Waals surface area contributed by atoms with Crippen molar-refractivity contribution < 1.29 is 9.26 Å². The van der Waals surface area contributed by atoms with Crippen LogP contribution in [0, 0.1) is 0 Å². The Morgan fingerprint density at radius 1 is 1.53 bits per heavy atom. The maximum Gasteiger partial charge on any atom is 0.263 e. The summed E-state index contributed by atoms with van der Waals surface area (Å²) in [6, 6.07) is 0. The van der Waals surface area contributed by atoms with Crippen LogP contribution in [0.15, 0.2) is 10.7 Å². The first kappa shape index (κ1) is 11.6. The number of nitrogens with zero attached hydrogens (tertiary/aromatic N) is 4. The monoisotopic (exact) mass is 237 g/mol. The Hall–Kier alpha value is -1.89. The van der Waals surface area contributed by atoms with E-state index >= 15 is 0 Å². The molecule has 0 fully saturated rings. The number of hydrogen-bond donors (Lipinski definition) is 1. The Labute approximate surface area is 98.6 Å². The van der Waals surface area contributed by atoms with Crippen LogP contribution in [0.2, 0.25) is 0 Å². The number of ether oxygens (including phenoxy) is 1. The number of hydrogen-bond acceptors (Lipinski definition) is 6. The van der Waals surface area contributed by atoms with Crippen LogP contribution in [0.1, 0.15) is 12.7 Å². The highest BCUT2D eigenvalue weighted by atomic mass is 16.5. The zero-order valence-electron chi connectivity index (χ0n) is 9.88. The molecule has 0 aliphatic rings. The summed E-state index contributed by atoms with van der Waals surface area (Å²) in [5.41, 5.74) is 6.47. The molecule has 0 radical (unpaired) electrons. The molecule has 17 heavy (non-hydrogen) atoms. The number of aryl methyl sites for hydroxylation is 1. The minimum absolute atomic E-state index is 0.391. The summed E-state index contributed by atoms with van der Waals surface area (Å²) >= 11 is 0. The van der Waals surface area contributed by atoms with Gasteiger partial charge in [-0.2, -0.15) is 10.1 Å². The van der Waals surface area contributed by atoms with E-state index in [4.69, 9.17) is 15.0 Å². The number of rotatable bonds is 5. The van der Waals surface area contributed by atoms with Gasteiger partial charge in [-0.05, 0) is 6.92 Å². The van der Waals surface area contributed by atoms with E-state index < -0.39 is 0 Å². The molecule has 7 heteroatoms. The first-order valence-corrected chi connectivity index (χ1v) is 5.40. The van der Waals surface area contributed by atoms with Crippen LogP contribution in [0.4, 0.5) is 5.82 Å². The molecule has 0 saturated heterocycles. The molecule has 0 aromatic carbocycles. The SMILES string of the molecule is CCOCCc1noc(-c2cnn(C)c2N)n1. The molecule has 92 valence electrons. The summed E-state index contributed by atoms with van der Waals surface area (Å²) in [7, 11) is 1.76. The van der Waals surface area contributed by atoms with Gasteiger partial charge in [-0.1, -0.05) is 5.16 Å². The second kappa shape index (κ2) is 4.96. The minimum Gasteiger partial charge on any atom is -0.383 e. The van der Waals surface area contributed by atoms with E-state index in [1.54, 1.807) is 17.9 Å². The summed E-state index contributed by atoms with van der Waals surface area (Å²) in [6.07, 6.45) is 2.23. The number of nitrogens with two attached hydrogens (primary N) is 1. The Balaban J connectivity index is 2.10. The molecule has 0 saturated carbocycles. The fraction of sp³-hybridized carbons (Fsp3) is 0.500. The third kappa shape index (κ3) is 2.44. The Morgan fingerprint density at radius 2 is 2.35 bits per heavy atom. The zero-order chi connectivity index (χ0) is 12.3. The molecule has 7 nitrogen and oxygen atoms in total. The van der Waals surface area contributed by atoms with Crippen molar-refractivity contribution in [3.05, 3.63) is 12.0 Å². The molecule has 0 amide bonds. The van der Waals surface area contributed by atoms with Gasteiger partial charge in [0.1, 0.15) is 11.4 Å². The molecule has 0 unspecified atom stereocenters. The first-order valence-electron chi connectivity index (χ1n) is 5.40. The van der Waals surface area contributed by atoms with E-state index in [9.17, 15) is 0 Å². The fourth-order valence-corrected chi connectivity index (χ4v) is 1.38. The lowest BCUT2D eigenvalue weighted by atomic mass is 10.3. The molecule has 2 aromatic rings. The predicted molar refractivity (Wildman–Crippen MR) is 61.1 cm³/mol. The van der Waals surface area contributed by atoms with Gasteiger partial charge in [-0.3, -0.25) is 4.68 Å². The lowest BCUT2D eigenvalue weighted by Gasteiger charge is -1.95. The number of nitrogen functional groups attached to an aromatic ring is 1. The third-order valence-electron chi connectivity index (χ3n) is 2.36. The van der Waals surface area contributed by atoms with Crippen molar-refractivity contribution >= 4 is 5.82 Å². The Kier molecular flexibility index (Phi) is 3.38. The summed E-state index contributed by atoms with van der Waals surface area (Å²) < 4.78 is 11.9. The fourth-order valence-electron chi connectivity index (χ4n) is 1.38. The topological polar surface area (TPSA) is 92.0 Å². The van der Waals surface area contributed by atoms with E-state index in [1.165, 1.54) is 0 Å². The van der Waals surface area contributed by atoms with Crippen LogP contribution in [0.25, 0.3) is 11.5 Å². The summed E-state index contributed by atoms with van der Waals surface area (Å²) in [4.78, 5) is 4.24. The highest BCUT2D eigenvalue weighted by molar-refractivity contribution is 5.66. The maximum absolute atomic E-state index is 5.81. The molecule has 2 aromatic heterocycles. The van der Waals surface area contributed by atoms with Crippen LogP contribution in [0.5, 0.6) is 0 Å². The van der Waals surface area contributed by atoms with Gasteiger partial charge < -0.3 is 15.0 Å². The quantitative estimate of drug-likeness (QED) is 0.767. The van der Waals surface area contributed by atoms with Gasteiger partial charge in [0.15, 0.2) is 5.82 Å². The summed E-state index contributed by atoms with van der Waals surface area (Å²) in [6.45, 7) is 3.20. The Bertz CT molecular complexity index is 491. The number of anilines is 1. The van der Waals surface area contributed by atoms with Gasteiger partial charge in [0.05, 0.1) is 12.8 Å². The molecular weight excluding hydrogens is 222 g/mol. The second-order valence-corrected chi connectivity index (χ2v) is 3.53. The standard InChI is InChI=1S/C10H15N5O2/c1-3-16-5-4-8-13-10(17-14-8)7-6-12-15(2)9(7)11/h6H,3-5,11H2,1-2H3. The lowest BCUT2D eigenvalue weighted by Crippen LogP contribution is -1.99. The van der Waals surface area contributed by atoms with Crippen molar-refractivity contribution in [2.45, 2.75) is 13.3 Å². The molecule has 0 aliphatic carbocycles. The van der Waals surface area contributed by atoms with E-state index in [1.807, 2.05) is 6.92 Å². The van der Waals surface area contributed by atoms with Crippen molar-refractivity contribution in [3.63, 3.8) is 0 Å². The minimum atomic E-state index is 0.391. The van der Waals surface area contributed by atoms with Gasteiger partial charge >= 0.3 is 0 Å². The van der Waals surface area contributed by atoms with Crippen LogP contribution in [-0.4, -0.2) is 33.1 Å². The second-order valence-electron chi connectivity index (χ2n) is 3.53. The largest absolute Gasteiger partial charge is 0.383 e. The smallest absolute Gasteiger partial charge is 0.263 e. The van der Waals surface area contributed by atoms with Crippen LogP contribution < -0.4 is 5.73 Å². The van der Waals surface area contributed by atoms with Gasteiger partial charge in [-0.15, -0.1) is 0 Å². The lowest BCUT2D eigenvalue weighted by molar-refractivity contribution is 0.149. The normalized spacial score (nSPS) is 10.9. The van der Waals surface area contributed by atoms with E-state index in [0.29, 0.717) is 42.7 Å². The molecule has 0 bridgehead atoms. The van der Waals surface area contributed by atoms with Crippen molar-refractivity contribution in [3.8, 4) is 11.5 Å². The molecule has 0 aliphatic heterocycles. The molecule has 0 atom stereocenters. The zero-order valence-corrected chi connectivity index (χ0v) is 9.88. The van der Waals surface area contributed by atoms with E-state index in [2.05, 4.69) is 15.2 Å². The average Bonchev–Trinajstić information content (AvgIpc) is 2.89. The summed E-state index contributed by atoms with van der Waals surface area (Å²) in [5, 5.41) is 7.87. The van der Waals surface area contributed by atoms with Gasteiger partial charge in [0, 0.05) is 20.1 Å².